The summed E-state index contributed by atoms with van der Waals surface area (Å²) >= 11 is 5.03. The van der Waals surface area contributed by atoms with Gasteiger partial charge < -0.3 is 4.74 Å². The number of hydrogen-bond acceptors (Lipinski definition) is 4. The molecule has 2 aromatic heterocycles. The molecule has 3 nitrogen and oxygen atoms in total. The Balaban J connectivity index is 2.33. The van der Waals surface area contributed by atoms with Crippen molar-refractivity contribution in [3.8, 4) is 10.6 Å². The van der Waals surface area contributed by atoms with Gasteiger partial charge in [-0.2, -0.15) is 0 Å². The van der Waals surface area contributed by atoms with E-state index in [1.165, 1.54) is 0 Å². The fourth-order valence-corrected chi connectivity index (χ4v) is 2.93. The lowest BCUT2D eigenvalue weighted by Crippen LogP contribution is -2.07. The van der Waals surface area contributed by atoms with Crippen molar-refractivity contribution in [2.45, 2.75) is 13.8 Å². The molecular formula is C13H12BrNO2S. The molecule has 0 aliphatic rings. The number of esters is 1. The van der Waals surface area contributed by atoms with Crippen molar-refractivity contribution in [1.29, 1.82) is 0 Å². The van der Waals surface area contributed by atoms with Crippen LogP contribution < -0.4 is 0 Å². The molecule has 0 spiro atoms. The van der Waals surface area contributed by atoms with E-state index in [1.807, 2.05) is 25.1 Å². The minimum absolute atomic E-state index is 0.318. The first-order valence-corrected chi connectivity index (χ1v) is 7.13. The molecule has 0 bridgehead atoms. The van der Waals surface area contributed by atoms with Crippen molar-refractivity contribution in [1.82, 2.24) is 4.98 Å². The van der Waals surface area contributed by atoms with E-state index in [0.717, 1.165) is 14.4 Å². The van der Waals surface area contributed by atoms with Gasteiger partial charge in [-0.05, 0) is 54.0 Å². The Bertz CT molecular complexity index is 580. The number of aryl methyl sites for hydroxylation is 1. The molecule has 0 atom stereocenters. The van der Waals surface area contributed by atoms with Crippen LogP contribution in [-0.2, 0) is 4.74 Å². The van der Waals surface area contributed by atoms with E-state index < -0.39 is 0 Å². The molecule has 5 heteroatoms. The van der Waals surface area contributed by atoms with E-state index in [2.05, 4.69) is 20.9 Å². The smallest absolute Gasteiger partial charge is 0.339 e. The van der Waals surface area contributed by atoms with Crippen molar-refractivity contribution in [3.63, 3.8) is 0 Å². The average Bonchev–Trinajstić information content (AvgIpc) is 2.76. The van der Waals surface area contributed by atoms with Crippen LogP contribution in [0.4, 0.5) is 0 Å². The van der Waals surface area contributed by atoms with Crippen LogP contribution in [0, 0.1) is 6.92 Å². The van der Waals surface area contributed by atoms with E-state index in [0.29, 0.717) is 17.9 Å². The molecule has 0 aromatic carbocycles. The normalized spacial score (nSPS) is 10.4. The lowest BCUT2D eigenvalue weighted by Gasteiger charge is -2.06. The third-order valence-corrected chi connectivity index (χ3v) is 4.05. The maximum absolute atomic E-state index is 11.7. The minimum Gasteiger partial charge on any atom is -0.462 e. The number of rotatable bonds is 3. The molecule has 0 radical (unpaired) electrons. The summed E-state index contributed by atoms with van der Waals surface area (Å²) in [5.41, 5.74) is 2.09. The molecule has 0 aliphatic heterocycles. The number of thiophene rings is 1. The van der Waals surface area contributed by atoms with Gasteiger partial charge in [0.1, 0.15) is 0 Å². The van der Waals surface area contributed by atoms with Gasteiger partial charge in [0, 0.05) is 0 Å². The number of ether oxygens (including phenoxy) is 1. The molecule has 0 N–H and O–H groups in total. The molecule has 2 aromatic rings. The summed E-state index contributed by atoms with van der Waals surface area (Å²) in [5, 5.41) is 0. The molecule has 2 heterocycles. The van der Waals surface area contributed by atoms with Crippen LogP contribution in [0.2, 0.25) is 0 Å². The highest BCUT2D eigenvalue weighted by molar-refractivity contribution is 9.11. The number of hydrogen-bond donors (Lipinski definition) is 0. The van der Waals surface area contributed by atoms with E-state index in [-0.39, 0.29) is 5.97 Å². The van der Waals surface area contributed by atoms with Crippen LogP contribution in [-0.4, -0.2) is 17.6 Å². The van der Waals surface area contributed by atoms with Gasteiger partial charge in [0.25, 0.3) is 0 Å². The first kappa shape index (κ1) is 13.2. The Labute approximate surface area is 118 Å². The molecule has 0 saturated carbocycles. The van der Waals surface area contributed by atoms with Crippen LogP contribution >= 0.6 is 27.3 Å². The standard InChI is InChI=1S/C13H12BrNO2S/c1-3-17-13(16)9-4-5-10(15-8(9)2)11-6-7-12(14)18-11/h4-7H,3H2,1-2H3. The summed E-state index contributed by atoms with van der Waals surface area (Å²) in [5.74, 6) is -0.318. The highest BCUT2D eigenvalue weighted by atomic mass is 79.9. The second-order valence-electron chi connectivity index (χ2n) is 3.65. The number of aromatic nitrogens is 1. The number of carbonyl (C=O) groups is 1. The van der Waals surface area contributed by atoms with Gasteiger partial charge in [0.15, 0.2) is 0 Å². The number of pyridine rings is 1. The van der Waals surface area contributed by atoms with E-state index >= 15 is 0 Å². The van der Waals surface area contributed by atoms with Gasteiger partial charge in [0.05, 0.1) is 32.2 Å². The van der Waals surface area contributed by atoms with Crippen LogP contribution in [0.5, 0.6) is 0 Å². The third-order valence-electron chi connectivity index (χ3n) is 2.41. The fraction of sp³-hybridized carbons (Fsp3) is 0.231. The topological polar surface area (TPSA) is 39.2 Å². The molecule has 0 saturated heterocycles. The first-order chi connectivity index (χ1) is 8.61. The lowest BCUT2D eigenvalue weighted by molar-refractivity contribution is 0.0525. The number of carbonyl (C=O) groups excluding carboxylic acids is 1. The zero-order chi connectivity index (χ0) is 13.1. The van der Waals surface area contributed by atoms with Gasteiger partial charge in [0.2, 0.25) is 0 Å². The van der Waals surface area contributed by atoms with Crippen LogP contribution in [0.15, 0.2) is 28.1 Å². The molecule has 0 amide bonds. The van der Waals surface area contributed by atoms with Crippen molar-refractivity contribution >= 4 is 33.2 Å². The van der Waals surface area contributed by atoms with Crippen molar-refractivity contribution < 1.29 is 9.53 Å². The third kappa shape index (κ3) is 2.79. The Hall–Kier alpha value is -1.20. The second kappa shape index (κ2) is 5.63. The molecule has 18 heavy (non-hydrogen) atoms. The Morgan fingerprint density at radius 2 is 2.17 bits per heavy atom. The highest BCUT2D eigenvalue weighted by Gasteiger charge is 2.12. The first-order valence-electron chi connectivity index (χ1n) is 5.52. The Morgan fingerprint density at radius 3 is 2.72 bits per heavy atom. The van der Waals surface area contributed by atoms with Crippen molar-refractivity contribution in [2.75, 3.05) is 6.61 Å². The SMILES string of the molecule is CCOC(=O)c1ccc(-c2ccc(Br)s2)nc1C. The zero-order valence-corrected chi connectivity index (χ0v) is 12.5. The molecule has 94 valence electrons. The molecule has 0 aliphatic carbocycles. The van der Waals surface area contributed by atoms with E-state index in [1.54, 1.807) is 24.3 Å². The van der Waals surface area contributed by atoms with Crippen molar-refractivity contribution in [2.24, 2.45) is 0 Å². The largest absolute Gasteiger partial charge is 0.462 e. The van der Waals surface area contributed by atoms with Gasteiger partial charge in [-0.25, -0.2) is 4.79 Å². The van der Waals surface area contributed by atoms with E-state index in [4.69, 9.17) is 4.74 Å². The summed E-state index contributed by atoms with van der Waals surface area (Å²) in [7, 11) is 0. The van der Waals surface area contributed by atoms with Gasteiger partial charge in [-0.1, -0.05) is 0 Å². The summed E-state index contributed by atoms with van der Waals surface area (Å²) in [4.78, 5) is 17.2. The van der Waals surface area contributed by atoms with Gasteiger partial charge >= 0.3 is 5.97 Å². The maximum Gasteiger partial charge on any atom is 0.339 e. The van der Waals surface area contributed by atoms with Crippen LogP contribution in [0.25, 0.3) is 10.6 Å². The molecule has 0 fully saturated rings. The van der Waals surface area contributed by atoms with Gasteiger partial charge in [-0.3, -0.25) is 4.98 Å². The minimum atomic E-state index is -0.318. The van der Waals surface area contributed by atoms with Crippen LogP contribution in [0.1, 0.15) is 23.0 Å². The van der Waals surface area contributed by atoms with E-state index in [9.17, 15) is 4.79 Å². The Kier molecular flexibility index (Phi) is 4.14. The summed E-state index contributed by atoms with van der Waals surface area (Å²) in [6.45, 7) is 3.98. The quantitative estimate of drug-likeness (QED) is 0.799. The Morgan fingerprint density at radius 1 is 1.39 bits per heavy atom. The molecule has 0 unspecified atom stereocenters. The summed E-state index contributed by atoms with van der Waals surface area (Å²) < 4.78 is 6.04. The molecular weight excluding hydrogens is 314 g/mol. The van der Waals surface area contributed by atoms with Gasteiger partial charge in [-0.15, -0.1) is 11.3 Å². The summed E-state index contributed by atoms with van der Waals surface area (Å²) in [6.07, 6.45) is 0. The van der Waals surface area contributed by atoms with Crippen molar-refractivity contribution in [3.05, 3.63) is 39.3 Å². The predicted molar refractivity (Wildman–Crippen MR) is 75.9 cm³/mol. The predicted octanol–water partition coefficient (Wildman–Crippen LogP) is 4.06. The molecule has 2 rings (SSSR count). The summed E-state index contributed by atoms with van der Waals surface area (Å²) in [6, 6.07) is 7.59. The maximum atomic E-state index is 11.7. The average molecular weight is 326 g/mol. The highest BCUT2D eigenvalue weighted by Crippen LogP contribution is 2.30. The zero-order valence-electron chi connectivity index (χ0n) is 10.1. The number of nitrogens with zero attached hydrogens (tertiary/aromatic N) is 1. The number of halogens is 1. The lowest BCUT2D eigenvalue weighted by atomic mass is 10.2. The monoisotopic (exact) mass is 325 g/mol. The fourth-order valence-electron chi connectivity index (χ4n) is 1.57. The van der Waals surface area contributed by atoms with Crippen LogP contribution in [0.3, 0.4) is 0 Å². The second-order valence-corrected chi connectivity index (χ2v) is 6.12.